The van der Waals surface area contributed by atoms with Crippen molar-refractivity contribution in [2.75, 3.05) is 12.4 Å². The number of likely N-dealkylation sites (N-methyl/N-ethyl adjacent to an activating group) is 1. The summed E-state index contributed by atoms with van der Waals surface area (Å²) in [6.07, 6.45) is 2.01. The summed E-state index contributed by atoms with van der Waals surface area (Å²) in [6.45, 7) is 1.80. The van der Waals surface area contributed by atoms with Crippen LogP contribution in [0.15, 0.2) is 24.4 Å². The second kappa shape index (κ2) is 7.40. The molecule has 8 nitrogen and oxygen atoms in total. The third kappa shape index (κ3) is 4.12. The minimum Gasteiger partial charge on any atom is -0.325 e. The molecule has 2 heterocycles. The van der Waals surface area contributed by atoms with E-state index in [2.05, 4.69) is 15.1 Å². The molecule has 27 heavy (non-hydrogen) atoms. The summed E-state index contributed by atoms with van der Waals surface area (Å²) in [5.41, 5.74) is 1.88. The Bertz CT molecular complexity index is 992. The number of hydrogen-bond donors (Lipinski definition) is 2. The number of nitrogens with one attached hydrogen (secondary N) is 2. The predicted octanol–water partition coefficient (Wildman–Crippen LogP) is 2.25. The van der Waals surface area contributed by atoms with Crippen molar-refractivity contribution in [1.29, 1.82) is 0 Å². The predicted molar refractivity (Wildman–Crippen MR) is 104 cm³/mol. The fourth-order valence-electron chi connectivity index (χ4n) is 3.07. The molecule has 1 saturated heterocycles. The van der Waals surface area contributed by atoms with Crippen LogP contribution in [0.1, 0.15) is 23.7 Å². The molecule has 1 aromatic heterocycles. The van der Waals surface area contributed by atoms with Crippen molar-refractivity contribution >= 4 is 45.0 Å². The van der Waals surface area contributed by atoms with Gasteiger partial charge in [0.25, 0.3) is 10.2 Å². The van der Waals surface area contributed by atoms with E-state index in [0.717, 1.165) is 9.87 Å². The van der Waals surface area contributed by atoms with Gasteiger partial charge in [-0.2, -0.15) is 22.5 Å². The molecule has 0 bridgehead atoms. The van der Waals surface area contributed by atoms with Crippen LogP contribution in [-0.2, 0) is 22.1 Å². The number of aromatic nitrogens is 2. The van der Waals surface area contributed by atoms with Gasteiger partial charge in [-0.05, 0) is 31.5 Å². The van der Waals surface area contributed by atoms with Crippen molar-refractivity contribution in [3.63, 3.8) is 0 Å². The molecule has 1 amide bonds. The standard InChI is InChI=1S/C16H19Cl2N5O3S/c1-9-11(8-22(2)20-9)14-7-15(23(3)27(25,26)21-14)16(24)19-10-4-5-12(17)13(18)6-10/h4-6,8,14-15,21H,7H2,1-3H3,(H,19,24)/t14-,15-/m0/s1. The van der Waals surface area contributed by atoms with Crippen molar-refractivity contribution < 1.29 is 13.2 Å². The number of carbonyl (C=O) groups is 1. The quantitative estimate of drug-likeness (QED) is 0.778. The molecule has 2 atom stereocenters. The van der Waals surface area contributed by atoms with Gasteiger partial charge in [0.1, 0.15) is 6.04 Å². The van der Waals surface area contributed by atoms with Crippen molar-refractivity contribution in [1.82, 2.24) is 18.8 Å². The average molecular weight is 432 g/mol. The van der Waals surface area contributed by atoms with Crippen molar-refractivity contribution in [3.05, 3.63) is 45.7 Å². The third-order valence-corrected chi connectivity index (χ3v) is 6.82. The topological polar surface area (TPSA) is 96.3 Å². The number of nitrogens with zero attached hydrogens (tertiary/aromatic N) is 3. The Labute approximate surface area is 167 Å². The van der Waals surface area contributed by atoms with Crippen LogP contribution in [-0.4, -0.2) is 41.5 Å². The van der Waals surface area contributed by atoms with Crippen LogP contribution in [0.2, 0.25) is 10.0 Å². The minimum atomic E-state index is -3.83. The highest BCUT2D eigenvalue weighted by atomic mass is 35.5. The first-order valence-electron chi connectivity index (χ1n) is 8.10. The maximum Gasteiger partial charge on any atom is 0.280 e. The van der Waals surface area contributed by atoms with E-state index in [1.54, 1.807) is 37.0 Å². The minimum absolute atomic E-state index is 0.259. The normalized spacial score (nSPS) is 22.6. The first-order valence-corrected chi connectivity index (χ1v) is 10.3. The maximum absolute atomic E-state index is 12.8. The van der Waals surface area contributed by atoms with E-state index in [1.165, 1.54) is 13.1 Å². The fourth-order valence-corrected chi connectivity index (χ4v) is 4.64. The number of halogens is 2. The fraction of sp³-hybridized carbons (Fsp3) is 0.375. The van der Waals surface area contributed by atoms with Gasteiger partial charge in [-0.3, -0.25) is 9.48 Å². The van der Waals surface area contributed by atoms with Crippen LogP contribution in [0.5, 0.6) is 0 Å². The number of aryl methyl sites for hydroxylation is 2. The van der Waals surface area contributed by atoms with E-state index >= 15 is 0 Å². The van der Waals surface area contributed by atoms with E-state index in [0.29, 0.717) is 21.4 Å². The highest BCUT2D eigenvalue weighted by Crippen LogP contribution is 2.30. The molecule has 0 saturated carbocycles. The van der Waals surface area contributed by atoms with Gasteiger partial charge < -0.3 is 5.32 Å². The van der Waals surface area contributed by atoms with Gasteiger partial charge >= 0.3 is 0 Å². The molecule has 1 aliphatic heterocycles. The zero-order chi connectivity index (χ0) is 19.9. The highest BCUT2D eigenvalue weighted by Gasteiger charge is 2.41. The van der Waals surface area contributed by atoms with Crippen LogP contribution < -0.4 is 10.0 Å². The van der Waals surface area contributed by atoms with Gasteiger partial charge in [-0.1, -0.05) is 23.2 Å². The Morgan fingerprint density at radius 2 is 2.00 bits per heavy atom. The maximum atomic E-state index is 12.8. The summed E-state index contributed by atoms with van der Waals surface area (Å²) >= 11 is 11.9. The summed E-state index contributed by atoms with van der Waals surface area (Å²) in [5, 5.41) is 7.61. The molecule has 146 valence electrons. The summed E-state index contributed by atoms with van der Waals surface area (Å²) in [5.74, 6) is -0.451. The van der Waals surface area contributed by atoms with Crippen molar-refractivity contribution in [3.8, 4) is 0 Å². The van der Waals surface area contributed by atoms with E-state index in [9.17, 15) is 13.2 Å². The zero-order valence-corrected chi connectivity index (χ0v) is 17.2. The molecule has 3 rings (SSSR count). The SMILES string of the molecule is Cc1nn(C)cc1[C@@H]1C[C@@H](C(=O)Nc2ccc(Cl)c(Cl)c2)N(C)S(=O)(=O)N1. The van der Waals surface area contributed by atoms with E-state index in [-0.39, 0.29) is 6.42 Å². The molecule has 1 aliphatic rings. The Kier molecular flexibility index (Phi) is 5.51. The number of amides is 1. The molecule has 1 aromatic carbocycles. The number of benzene rings is 1. The first kappa shape index (κ1) is 20.1. The molecule has 0 unspecified atom stereocenters. The number of rotatable bonds is 3. The lowest BCUT2D eigenvalue weighted by Crippen LogP contribution is -2.56. The molecular formula is C16H19Cl2N5O3S. The Morgan fingerprint density at radius 3 is 2.59 bits per heavy atom. The molecule has 0 spiro atoms. The lowest BCUT2D eigenvalue weighted by molar-refractivity contribution is -0.120. The monoisotopic (exact) mass is 431 g/mol. The molecule has 2 N–H and O–H groups in total. The number of hydrogen-bond acceptors (Lipinski definition) is 4. The summed E-state index contributed by atoms with van der Waals surface area (Å²) in [4.78, 5) is 12.8. The van der Waals surface area contributed by atoms with Crippen LogP contribution in [0.4, 0.5) is 5.69 Å². The second-order valence-corrected chi connectivity index (χ2v) is 8.98. The van der Waals surface area contributed by atoms with Crippen LogP contribution in [0.3, 0.4) is 0 Å². The Hall–Kier alpha value is -1.65. The number of carbonyl (C=O) groups excluding carboxylic acids is 1. The molecular weight excluding hydrogens is 413 g/mol. The van der Waals surface area contributed by atoms with Crippen molar-refractivity contribution in [2.45, 2.75) is 25.4 Å². The van der Waals surface area contributed by atoms with E-state index in [4.69, 9.17) is 23.2 Å². The molecule has 1 fully saturated rings. The van der Waals surface area contributed by atoms with E-state index in [1.807, 2.05) is 0 Å². The first-order chi connectivity index (χ1) is 12.6. The molecule has 0 radical (unpaired) electrons. The lowest BCUT2D eigenvalue weighted by Gasteiger charge is -2.36. The van der Waals surface area contributed by atoms with Gasteiger partial charge in [0.15, 0.2) is 0 Å². The van der Waals surface area contributed by atoms with Gasteiger partial charge in [-0.25, -0.2) is 0 Å². The second-order valence-electron chi connectivity index (χ2n) is 6.40. The van der Waals surface area contributed by atoms with Gasteiger partial charge in [0.2, 0.25) is 5.91 Å². The third-order valence-electron chi connectivity index (χ3n) is 4.48. The Morgan fingerprint density at radius 1 is 1.30 bits per heavy atom. The number of anilines is 1. The van der Waals surface area contributed by atoms with Gasteiger partial charge in [0, 0.05) is 31.5 Å². The van der Waals surface area contributed by atoms with Crippen LogP contribution in [0, 0.1) is 6.92 Å². The zero-order valence-electron chi connectivity index (χ0n) is 14.9. The smallest absolute Gasteiger partial charge is 0.280 e. The van der Waals surface area contributed by atoms with Gasteiger partial charge in [0.05, 0.1) is 21.8 Å². The lowest BCUT2D eigenvalue weighted by atomic mass is 10.00. The van der Waals surface area contributed by atoms with Crippen LogP contribution >= 0.6 is 23.2 Å². The van der Waals surface area contributed by atoms with Gasteiger partial charge in [-0.15, -0.1) is 0 Å². The molecule has 0 aliphatic carbocycles. The average Bonchev–Trinajstić information content (AvgIpc) is 2.91. The Balaban J connectivity index is 1.86. The summed E-state index contributed by atoms with van der Waals surface area (Å²) < 4.78 is 30.3. The largest absolute Gasteiger partial charge is 0.325 e. The summed E-state index contributed by atoms with van der Waals surface area (Å²) in [6, 6.07) is 3.23. The van der Waals surface area contributed by atoms with Crippen molar-refractivity contribution in [2.24, 2.45) is 7.05 Å². The van der Waals surface area contributed by atoms with Crippen LogP contribution in [0.25, 0.3) is 0 Å². The summed E-state index contributed by atoms with van der Waals surface area (Å²) in [7, 11) is -0.702. The molecule has 11 heteroatoms. The van der Waals surface area contributed by atoms with E-state index < -0.39 is 28.2 Å². The highest BCUT2D eigenvalue weighted by molar-refractivity contribution is 7.87. The molecule has 2 aromatic rings.